The number of nitrogens with zero attached hydrogens (tertiary/aromatic N) is 1. The third kappa shape index (κ3) is 5.79. The summed E-state index contributed by atoms with van der Waals surface area (Å²) in [5, 5.41) is 12.7. The van der Waals surface area contributed by atoms with Gasteiger partial charge in [-0.3, -0.25) is 4.79 Å². The van der Waals surface area contributed by atoms with E-state index in [2.05, 4.69) is 24.1 Å². The zero-order chi connectivity index (χ0) is 14.5. The molecule has 1 atom stereocenters. The van der Waals surface area contributed by atoms with Gasteiger partial charge in [-0.15, -0.1) is 0 Å². The van der Waals surface area contributed by atoms with Crippen molar-refractivity contribution in [1.82, 2.24) is 10.3 Å². The average Bonchev–Trinajstić information content (AvgIpc) is 2.34. The monoisotopic (exact) mass is 268 g/mol. The molecule has 0 spiro atoms. The third-order valence-corrected chi connectivity index (χ3v) is 2.88. The van der Waals surface area contributed by atoms with Gasteiger partial charge < -0.3 is 10.4 Å². The first-order chi connectivity index (χ1) is 8.80. The van der Waals surface area contributed by atoms with E-state index >= 15 is 0 Å². The van der Waals surface area contributed by atoms with Gasteiger partial charge in [0.2, 0.25) is 5.95 Å². The highest BCUT2D eigenvalue weighted by Gasteiger charge is 2.21. The lowest BCUT2D eigenvalue weighted by molar-refractivity contribution is 0.0429. The van der Waals surface area contributed by atoms with E-state index in [1.165, 1.54) is 12.3 Å². The Bertz CT molecular complexity index is 433. The van der Waals surface area contributed by atoms with Gasteiger partial charge >= 0.3 is 0 Å². The fourth-order valence-corrected chi connectivity index (χ4v) is 1.60. The molecule has 106 valence electrons. The second kappa shape index (κ2) is 6.61. The van der Waals surface area contributed by atoms with Crippen LogP contribution >= 0.6 is 0 Å². The number of aliphatic hydroxyl groups is 1. The number of carbonyl (C=O) groups excluding carboxylic acids is 1. The van der Waals surface area contributed by atoms with E-state index in [0.717, 1.165) is 12.5 Å². The summed E-state index contributed by atoms with van der Waals surface area (Å²) in [7, 11) is 0. The Morgan fingerprint density at radius 2 is 2.26 bits per heavy atom. The maximum atomic E-state index is 12.9. The number of aromatic nitrogens is 1. The van der Waals surface area contributed by atoms with Gasteiger partial charge in [-0.05, 0) is 31.7 Å². The maximum Gasteiger partial charge on any atom is 0.251 e. The van der Waals surface area contributed by atoms with Crippen LogP contribution in [0.1, 0.15) is 44.0 Å². The molecule has 1 rings (SSSR count). The van der Waals surface area contributed by atoms with Crippen LogP contribution in [0.15, 0.2) is 18.3 Å². The normalized spacial score (nSPS) is 14.2. The van der Waals surface area contributed by atoms with Crippen LogP contribution in [0.25, 0.3) is 0 Å². The summed E-state index contributed by atoms with van der Waals surface area (Å²) < 4.78 is 12.9. The Morgan fingerprint density at radius 3 is 2.84 bits per heavy atom. The van der Waals surface area contributed by atoms with Crippen LogP contribution in [0, 0.1) is 11.9 Å². The molecule has 0 saturated carbocycles. The van der Waals surface area contributed by atoms with Gasteiger partial charge in [0.1, 0.15) is 0 Å². The lowest BCUT2D eigenvalue weighted by Gasteiger charge is -2.24. The van der Waals surface area contributed by atoms with Crippen molar-refractivity contribution in [3.63, 3.8) is 0 Å². The van der Waals surface area contributed by atoms with Crippen molar-refractivity contribution in [1.29, 1.82) is 0 Å². The molecule has 1 unspecified atom stereocenters. The minimum atomic E-state index is -0.953. The lowest BCUT2D eigenvalue weighted by atomic mass is 9.95. The minimum absolute atomic E-state index is 0.141. The molecule has 0 radical (unpaired) electrons. The molecular weight excluding hydrogens is 247 g/mol. The van der Waals surface area contributed by atoms with Crippen molar-refractivity contribution in [2.24, 2.45) is 5.92 Å². The molecule has 0 aliphatic heterocycles. The summed E-state index contributed by atoms with van der Waals surface area (Å²) in [6.07, 6.45) is 2.73. The van der Waals surface area contributed by atoms with Crippen LogP contribution in [0.2, 0.25) is 0 Å². The smallest absolute Gasteiger partial charge is 0.251 e. The summed E-state index contributed by atoms with van der Waals surface area (Å²) >= 11 is 0. The fourth-order valence-electron chi connectivity index (χ4n) is 1.60. The Morgan fingerprint density at radius 1 is 1.58 bits per heavy atom. The molecule has 1 aromatic heterocycles. The zero-order valence-corrected chi connectivity index (χ0v) is 11.6. The standard InChI is InChI=1S/C14H21FN2O2/c1-10(2)4-6-14(3,19)9-17-13(18)11-5-7-16-12(15)8-11/h5,7-8,10,19H,4,6,9H2,1-3H3,(H,17,18). The predicted octanol–water partition coefficient (Wildman–Crippen LogP) is 2.14. The van der Waals surface area contributed by atoms with Crippen molar-refractivity contribution in [2.45, 2.75) is 39.2 Å². The first-order valence-electron chi connectivity index (χ1n) is 6.42. The SMILES string of the molecule is CC(C)CCC(C)(O)CNC(=O)c1ccnc(F)c1. The molecule has 4 nitrogen and oxygen atoms in total. The summed E-state index contributed by atoms with van der Waals surface area (Å²) in [5.41, 5.74) is -0.752. The molecule has 1 heterocycles. The highest BCUT2D eigenvalue weighted by Crippen LogP contribution is 2.15. The largest absolute Gasteiger partial charge is 0.388 e. The van der Waals surface area contributed by atoms with Crippen LogP contribution in [-0.4, -0.2) is 28.1 Å². The molecule has 0 fully saturated rings. The van der Waals surface area contributed by atoms with E-state index in [4.69, 9.17) is 0 Å². The maximum absolute atomic E-state index is 12.9. The Labute approximate surface area is 113 Å². The number of nitrogens with one attached hydrogen (secondary N) is 1. The summed E-state index contributed by atoms with van der Waals surface area (Å²) in [4.78, 5) is 15.1. The van der Waals surface area contributed by atoms with Gasteiger partial charge in [-0.25, -0.2) is 4.98 Å². The molecule has 5 heteroatoms. The number of hydrogen-bond acceptors (Lipinski definition) is 3. The van der Waals surface area contributed by atoms with Crippen molar-refractivity contribution < 1.29 is 14.3 Å². The molecule has 0 aromatic carbocycles. The van der Waals surface area contributed by atoms with Gasteiger partial charge in [-0.2, -0.15) is 4.39 Å². The topological polar surface area (TPSA) is 62.2 Å². The predicted molar refractivity (Wildman–Crippen MR) is 71.2 cm³/mol. The molecule has 0 saturated heterocycles. The molecule has 19 heavy (non-hydrogen) atoms. The van der Waals surface area contributed by atoms with Gasteiger partial charge in [-0.1, -0.05) is 13.8 Å². The van der Waals surface area contributed by atoms with Crippen molar-refractivity contribution >= 4 is 5.91 Å². The Hall–Kier alpha value is -1.49. The van der Waals surface area contributed by atoms with E-state index < -0.39 is 17.5 Å². The molecule has 2 N–H and O–H groups in total. The van der Waals surface area contributed by atoms with Gasteiger partial charge in [0, 0.05) is 24.4 Å². The average molecular weight is 268 g/mol. The van der Waals surface area contributed by atoms with E-state index in [9.17, 15) is 14.3 Å². The number of hydrogen-bond donors (Lipinski definition) is 2. The Balaban J connectivity index is 2.49. The van der Waals surface area contributed by atoms with Gasteiger partial charge in [0.15, 0.2) is 0 Å². The van der Waals surface area contributed by atoms with Crippen LogP contribution in [0.3, 0.4) is 0 Å². The zero-order valence-electron chi connectivity index (χ0n) is 11.6. The summed E-state index contributed by atoms with van der Waals surface area (Å²) in [6.45, 7) is 5.98. The van der Waals surface area contributed by atoms with Crippen LogP contribution < -0.4 is 5.32 Å². The number of carbonyl (C=O) groups is 1. The van der Waals surface area contributed by atoms with E-state index in [0.29, 0.717) is 12.3 Å². The number of rotatable bonds is 6. The molecule has 1 aromatic rings. The van der Waals surface area contributed by atoms with E-state index in [-0.39, 0.29) is 12.1 Å². The van der Waals surface area contributed by atoms with Gasteiger partial charge in [0.05, 0.1) is 5.60 Å². The summed E-state index contributed by atoms with van der Waals surface area (Å²) in [6, 6.07) is 2.50. The lowest BCUT2D eigenvalue weighted by Crippen LogP contribution is -2.40. The van der Waals surface area contributed by atoms with Crippen molar-refractivity contribution in [3.8, 4) is 0 Å². The fraction of sp³-hybridized carbons (Fsp3) is 0.571. The second-order valence-corrected chi connectivity index (χ2v) is 5.48. The van der Waals surface area contributed by atoms with Crippen LogP contribution in [-0.2, 0) is 0 Å². The number of amides is 1. The third-order valence-electron chi connectivity index (χ3n) is 2.88. The van der Waals surface area contributed by atoms with Crippen molar-refractivity contribution in [2.75, 3.05) is 6.54 Å². The second-order valence-electron chi connectivity index (χ2n) is 5.48. The number of pyridine rings is 1. The minimum Gasteiger partial charge on any atom is -0.388 e. The van der Waals surface area contributed by atoms with E-state index in [1.54, 1.807) is 6.92 Å². The van der Waals surface area contributed by atoms with E-state index in [1.807, 2.05) is 0 Å². The highest BCUT2D eigenvalue weighted by atomic mass is 19.1. The first-order valence-corrected chi connectivity index (χ1v) is 6.42. The van der Waals surface area contributed by atoms with Crippen LogP contribution in [0.5, 0.6) is 0 Å². The molecular formula is C14H21FN2O2. The van der Waals surface area contributed by atoms with Crippen LogP contribution in [0.4, 0.5) is 4.39 Å². The Kier molecular flexibility index (Phi) is 5.42. The van der Waals surface area contributed by atoms with Crippen molar-refractivity contribution in [3.05, 3.63) is 29.8 Å². The van der Waals surface area contributed by atoms with Gasteiger partial charge in [0.25, 0.3) is 5.91 Å². The number of halogens is 1. The molecule has 1 amide bonds. The molecule has 0 aliphatic rings. The molecule has 0 bridgehead atoms. The summed E-state index contributed by atoms with van der Waals surface area (Å²) in [5.74, 6) is -0.609. The quantitative estimate of drug-likeness (QED) is 0.777. The first kappa shape index (κ1) is 15.6. The molecule has 0 aliphatic carbocycles. The highest BCUT2D eigenvalue weighted by molar-refractivity contribution is 5.94.